The highest BCUT2D eigenvalue weighted by Crippen LogP contribution is 2.16. The lowest BCUT2D eigenvalue weighted by atomic mass is 9.99. The molecule has 0 saturated carbocycles. The third-order valence-electron chi connectivity index (χ3n) is 3.60. The number of benzene rings is 1. The summed E-state index contributed by atoms with van der Waals surface area (Å²) in [5.74, 6) is 0.483. The molecule has 5 nitrogen and oxygen atoms in total. The van der Waals surface area contributed by atoms with Crippen molar-refractivity contribution in [1.29, 1.82) is 0 Å². The Balaban J connectivity index is 1.90. The van der Waals surface area contributed by atoms with Crippen LogP contribution in [0.1, 0.15) is 19.8 Å². The van der Waals surface area contributed by atoms with E-state index < -0.39 is 10.0 Å². The Morgan fingerprint density at radius 3 is 2.45 bits per heavy atom. The first-order valence-corrected chi connectivity index (χ1v) is 8.30. The van der Waals surface area contributed by atoms with Gasteiger partial charge in [-0.1, -0.05) is 25.1 Å². The molecule has 6 heteroatoms. The molecule has 20 heavy (non-hydrogen) atoms. The molecule has 1 heterocycles. The molecule has 0 spiro atoms. The molecule has 1 amide bonds. The van der Waals surface area contributed by atoms with Crippen molar-refractivity contribution >= 4 is 15.9 Å². The minimum Gasteiger partial charge on any atom is -0.342 e. The molecule has 1 aliphatic rings. The molecule has 1 aromatic carbocycles. The summed E-state index contributed by atoms with van der Waals surface area (Å²) >= 11 is 0. The molecular formula is C14H20N2O3S. The smallest absolute Gasteiger partial charge is 0.241 e. The van der Waals surface area contributed by atoms with Gasteiger partial charge in [-0.2, -0.15) is 0 Å². The maximum Gasteiger partial charge on any atom is 0.241 e. The fourth-order valence-corrected chi connectivity index (χ4v) is 3.21. The number of carbonyl (C=O) groups excluding carboxylic acids is 1. The largest absolute Gasteiger partial charge is 0.342 e. The lowest BCUT2D eigenvalue weighted by molar-refractivity contribution is -0.131. The average molecular weight is 296 g/mol. The molecule has 110 valence electrons. The highest BCUT2D eigenvalue weighted by Gasteiger charge is 2.22. The highest BCUT2D eigenvalue weighted by molar-refractivity contribution is 7.89. The Bertz CT molecular complexity index is 549. The van der Waals surface area contributed by atoms with E-state index in [4.69, 9.17) is 0 Å². The van der Waals surface area contributed by atoms with Crippen molar-refractivity contribution in [2.45, 2.75) is 24.7 Å². The minimum atomic E-state index is -3.60. The van der Waals surface area contributed by atoms with Gasteiger partial charge in [-0.05, 0) is 30.9 Å². The van der Waals surface area contributed by atoms with Crippen LogP contribution in [0.4, 0.5) is 0 Å². The monoisotopic (exact) mass is 296 g/mol. The van der Waals surface area contributed by atoms with Crippen molar-refractivity contribution in [1.82, 2.24) is 9.62 Å². The zero-order chi connectivity index (χ0) is 14.6. The normalized spacial score (nSPS) is 17.1. The average Bonchev–Trinajstić information content (AvgIpc) is 2.46. The second-order valence-corrected chi connectivity index (χ2v) is 6.97. The van der Waals surface area contributed by atoms with Crippen LogP contribution in [-0.2, 0) is 14.8 Å². The van der Waals surface area contributed by atoms with Gasteiger partial charge < -0.3 is 4.90 Å². The summed E-state index contributed by atoms with van der Waals surface area (Å²) < 4.78 is 26.3. The van der Waals surface area contributed by atoms with Crippen LogP contribution >= 0.6 is 0 Å². The van der Waals surface area contributed by atoms with Gasteiger partial charge in [0.2, 0.25) is 15.9 Å². The minimum absolute atomic E-state index is 0.156. The zero-order valence-electron chi connectivity index (χ0n) is 11.6. The van der Waals surface area contributed by atoms with E-state index in [0.717, 1.165) is 12.8 Å². The van der Waals surface area contributed by atoms with Crippen LogP contribution in [0.3, 0.4) is 0 Å². The number of nitrogens with one attached hydrogen (secondary N) is 1. The fraction of sp³-hybridized carbons (Fsp3) is 0.500. The lowest BCUT2D eigenvalue weighted by Gasteiger charge is -2.30. The standard InChI is InChI=1S/C14H20N2O3S/c1-12-7-9-16(10-8-12)14(17)11-15-20(18,19)13-5-3-2-4-6-13/h2-6,12,15H,7-11H2,1H3. The first-order valence-electron chi connectivity index (χ1n) is 6.81. The molecule has 1 N–H and O–H groups in total. The topological polar surface area (TPSA) is 66.5 Å². The molecular weight excluding hydrogens is 276 g/mol. The fourth-order valence-electron chi connectivity index (χ4n) is 2.21. The first-order chi connectivity index (χ1) is 9.49. The van der Waals surface area contributed by atoms with Crippen molar-refractivity contribution in [2.24, 2.45) is 5.92 Å². The number of likely N-dealkylation sites (tertiary alicyclic amines) is 1. The SMILES string of the molecule is CC1CCN(C(=O)CNS(=O)(=O)c2ccccc2)CC1. The van der Waals surface area contributed by atoms with E-state index >= 15 is 0 Å². The van der Waals surface area contributed by atoms with E-state index in [0.29, 0.717) is 19.0 Å². The maximum absolute atomic E-state index is 12.0. The summed E-state index contributed by atoms with van der Waals surface area (Å²) in [6, 6.07) is 8.08. The first kappa shape index (κ1) is 15.0. The van der Waals surface area contributed by atoms with E-state index in [-0.39, 0.29) is 17.3 Å². The van der Waals surface area contributed by atoms with Gasteiger partial charge in [0.05, 0.1) is 11.4 Å². The molecule has 1 aliphatic heterocycles. The van der Waals surface area contributed by atoms with Gasteiger partial charge >= 0.3 is 0 Å². The summed E-state index contributed by atoms with van der Waals surface area (Å²) in [5, 5.41) is 0. The molecule has 2 rings (SSSR count). The van der Waals surface area contributed by atoms with Crippen molar-refractivity contribution in [3.8, 4) is 0 Å². The van der Waals surface area contributed by atoms with Crippen LogP contribution in [0.2, 0.25) is 0 Å². The van der Waals surface area contributed by atoms with Crippen LogP contribution < -0.4 is 4.72 Å². The van der Waals surface area contributed by atoms with Crippen LogP contribution in [0.5, 0.6) is 0 Å². The number of hydrogen-bond acceptors (Lipinski definition) is 3. The number of piperidine rings is 1. The second kappa shape index (κ2) is 6.37. The molecule has 1 aromatic rings. The Labute approximate surface area is 120 Å². The summed E-state index contributed by atoms with van der Waals surface area (Å²) in [7, 11) is -3.60. The number of hydrogen-bond donors (Lipinski definition) is 1. The van der Waals surface area contributed by atoms with Crippen LogP contribution in [0.15, 0.2) is 35.2 Å². The predicted octanol–water partition coefficient (Wildman–Crippen LogP) is 1.22. The maximum atomic E-state index is 12.0. The number of sulfonamides is 1. The van der Waals surface area contributed by atoms with Crippen LogP contribution in [-0.4, -0.2) is 38.9 Å². The molecule has 0 unspecified atom stereocenters. The third kappa shape index (κ3) is 3.80. The van der Waals surface area contributed by atoms with Crippen LogP contribution in [0, 0.1) is 5.92 Å². The summed E-state index contributed by atoms with van der Waals surface area (Å²) in [5.41, 5.74) is 0. The Kier molecular flexibility index (Phi) is 4.77. The van der Waals surface area contributed by atoms with Gasteiger partial charge in [0.1, 0.15) is 0 Å². The molecule has 1 fully saturated rings. The van der Waals surface area contributed by atoms with E-state index in [2.05, 4.69) is 11.6 Å². The summed E-state index contributed by atoms with van der Waals surface area (Å²) in [4.78, 5) is 13.9. The van der Waals surface area contributed by atoms with E-state index in [1.807, 2.05) is 0 Å². The van der Waals surface area contributed by atoms with Crippen molar-refractivity contribution in [3.05, 3.63) is 30.3 Å². The van der Waals surface area contributed by atoms with Crippen molar-refractivity contribution in [2.75, 3.05) is 19.6 Å². The molecule has 0 radical (unpaired) electrons. The number of rotatable bonds is 4. The van der Waals surface area contributed by atoms with Gasteiger partial charge in [0, 0.05) is 13.1 Å². The number of amides is 1. The number of nitrogens with zero attached hydrogens (tertiary/aromatic N) is 1. The summed E-state index contributed by atoms with van der Waals surface area (Å²) in [6.07, 6.45) is 1.97. The zero-order valence-corrected chi connectivity index (χ0v) is 12.4. The molecule has 0 aromatic heterocycles. The highest BCUT2D eigenvalue weighted by atomic mass is 32.2. The Morgan fingerprint density at radius 2 is 1.85 bits per heavy atom. The molecule has 0 atom stereocenters. The molecule has 0 aliphatic carbocycles. The van der Waals surface area contributed by atoms with Gasteiger partial charge in [0.25, 0.3) is 0 Å². The van der Waals surface area contributed by atoms with E-state index in [1.165, 1.54) is 12.1 Å². The second-order valence-electron chi connectivity index (χ2n) is 5.20. The van der Waals surface area contributed by atoms with Crippen molar-refractivity contribution < 1.29 is 13.2 Å². The lowest BCUT2D eigenvalue weighted by Crippen LogP contribution is -2.43. The van der Waals surface area contributed by atoms with Crippen LogP contribution in [0.25, 0.3) is 0 Å². The van der Waals surface area contributed by atoms with E-state index in [1.54, 1.807) is 23.1 Å². The van der Waals surface area contributed by atoms with Gasteiger partial charge in [-0.25, -0.2) is 13.1 Å². The van der Waals surface area contributed by atoms with Gasteiger partial charge in [-0.3, -0.25) is 4.79 Å². The quantitative estimate of drug-likeness (QED) is 0.908. The summed E-state index contributed by atoms with van der Waals surface area (Å²) in [6.45, 7) is 3.42. The van der Waals surface area contributed by atoms with E-state index in [9.17, 15) is 13.2 Å². The Morgan fingerprint density at radius 1 is 1.25 bits per heavy atom. The molecule has 0 bridgehead atoms. The number of carbonyl (C=O) groups is 1. The predicted molar refractivity (Wildman–Crippen MR) is 76.6 cm³/mol. The molecule has 1 saturated heterocycles. The van der Waals surface area contributed by atoms with Gasteiger partial charge in [0.15, 0.2) is 0 Å². The third-order valence-corrected chi connectivity index (χ3v) is 5.02. The Hall–Kier alpha value is -1.40. The van der Waals surface area contributed by atoms with Crippen molar-refractivity contribution in [3.63, 3.8) is 0 Å². The van der Waals surface area contributed by atoms with Gasteiger partial charge in [-0.15, -0.1) is 0 Å².